The number of halogens is 1. The van der Waals surface area contributed by atoms with Gasteiger partial charge < -0.3 is 10.2 Å². The molecule has 3 nitrogen and oxygen atoms in total. The lowest BCUT2D eigenvalue weighted by atomic mass is 10.0. The Labute approximate surface area is 133 Å². The van der Waals surface area contributed by atoms with Crippen LogP contribution in [-0.4, -0.2) is 19.0 Å². The highest BCUT2D eigenvalue weighted by Crippen LogP contribution is 2.24. The van der Waals surface area contributed by atoms with E-state index in [1.54, 1.807) is 12.1 Å². The molecule has 2 heterocycles. The second kappa shape index (κ2) is 6.58. The highest BCUT2D eigenvalue weighted by atomic mass is 32.1. The van der Waals surface area contributed by atoms with Gasteiger partial charge in [0.25, 0.3) is 5.91 Å². The molecule has 1 amide bonds. The van der Waals surface area contributed by atoms with Crippen LogP contribution in [-0.2, 0) is 17.8 Å². The van der Waals surface area contributed by atoms with Gasteiger partial charge in [-0.05, 0) is 36.1 Å². The third-order valence-electron chi connectivity index (χ3n) is 4.32. The summed E-state index contributed by atoms with van der Waals surface area (Å²) in [6, 6.07) is 8.77. The first-order valence-corrected chi connectivity index (χ1v) is 8.43. The van der Waals surface area contributed by atoms with Crippen LogP contribution in [0.2, 0.25) is 0 Å². The molecule has 116 valence electrons. The number of thiophene rings is 1. The standard InChI is InChI=1S/C17H19FN2OS/c1-12-15-7-9-22-16(15)6-8-20(12)11-17(21)19-10-13-2-4-14(18)5-3-13/h2-5,7,9,12H,6,8,10-11H2,1H3,(H,19,21)/p+1/t12-/m1/s1. The third kappa shape index (κ3) is 3.36. The number of benzene rings is 1. The molecule has 1 aliphatic rings. The largest absolute Gasteiger partial charge is 0.347 e. The first-order chi connectivity index (χ1) is 10.6. The quantitative estimate of drug-likeness (QED) is 0.884. The molecule has 0 saturated carbocycles. The number of amides is 1. The van der Waals surface area contributed by atoms with Crippen LogP contribution < -0.4 is 10.2 Å². The second-order valence-corrected chi connectivity index (χ2v) is 6.76. The van der Waals surface area contributed by atoms with Gasteiger partial charge in [-0.25, -0.2) is 4.39 Å². The van der Waals surface area contributed by atoms with Crippen molar-refractivity contribution >= 4 is 17.2 Å². The van der Waals surface area contributed by atoms with Crippen molar-refractivity contribution in [3.05, 3.63) is 57.5 Å². The fraction of sp³-hybridized carbons (Fsp3) is 0.353. The van der Waals surface area contributed by atoms with Crippen molar-refractivity contribution in [2.24, 2.45) is 0 Å². The number of rotatable bonds is 4. The van der Waals surface area contributed by atoms with Crippen LogP contribution in [0.4, 0.5) is 4.39 Å². The molecule has 1 aromatic carbocycles. The van der Waals surface area contributed by atoms with Gasteiger partial charge >= 0.3 is 0 Å². The Kier molecular flexibility index (Phi) is 4.55. The van der Waals surface area contributed by atoms with E-state index in [-0.39, 0.29) is 11.7 Å². The molecular weight excluding hydrogens is 299 g/mol. The Morgan fingerprint density at radius 1 is 1.36 bits per heavy atom. The SMILES string of the molecule is C[C@@H]1c2ccsc2CC[NH+]1CC(=O)NCc1ccc(F)cc1. The summed E-state index contributed by atoms with van der Waals surface area (Å²) in [6.45, 7) is 4.12. The lowest BCUT2D eigenvalue weighted by molar-refractivity contribution is -0.924. The van der Waals surface area contributed by atoms with E-state index in [1.807, 2.05) is 11.3 Å². The van der Waals surface area contributed by atoms with Crippen LogP contribution in [0.5, 0.6) is 0 Å². The van der Waals surface area contributed by atoms with Gasteiger partial charge in [0, 0.05) is 23.4 Å². The first-order valence-electron chi connectivity index (χ1n) is 7.55. The van der Waals surface area contributed by atoms with Crippen molar-refractivity contribution in [3.8, 4) is 0 Å². The molecule has 0 aliphatic carbocycles. The first kappa shape index (κ1) is 15.2. The maximum atomic E-state index is 12.8. The number of quaternary nitrogens is 1. The van der Waals surface area contributed by atoms with E-state index in [0.29, 0.717) is 19.1 Å². The van der Waals surface area contributed by atoms with E-state index in [1.165, 1.54) is 27.5 Å². The lowest BCUT2D eigenvalue weighted by Gasteiger charge is -2.29. The zero-order chi connectivity index (χ0) is 15.5. The summed E-state index contributed by atoms with van der Waals surface area (Å²) < 4.78 is 12.8. The molecule has 1 aliphatic heterocycles. The summed E-state index contributed by atoms with van der Waals surface area (Å²) in [7, 11) is 0. The van der Waals surface area contributed by atoms with Gasteiger partial charge in [-0.3, -0.25) is 4.79 Å². The van der Waals surface area contributed by atoms with Gasteiger partial charge in [0.15, 0.2) is 6.54 Å². The van der Waals surface area contributed by atoms with Gasteiger partial charge in [-0.1, -0.05) is 12.1 Å². The minimum Gasteiger partial charge on any atom is -0.347 e. The lowest BCUT2D eigenvalue weighted by Crippen LogP contribution is -3.14. The van der Waals surface area contributed by atoms with E-state index >= 15 is 0 Å². The van der Waals surface area contributed by atoms with Crippen LogP contribution in [0.3, 0.4) is 0 Å². The topological polar surface area (TPSA) is 33.5 Å². The molecule has 0 spiro atoms. The summed E-state index contributed by atoms with van der Waals surface area (Å²) in [5.74, 6) is -0.210. The Morgan fingerprint density at radius 2 is 2.14 bits per heavy atom. The van der Waals surface area contributed by atoms with Gasteiger partial charge in [0.05, 0.1) is 6.54 Å². The highest BCUT2D eigenvalue weighted by Gasteiger charge is 2.29. The van der Waals surface area contributed by atoms with Crippen molar-refractivity contribution in [3.63, 3.8) is 0 Å². The maximum Gasteiger partial charge on any atom is 0.275 e. The van der Waals surface area contributed by atoms with Crippen LogP contribution in [0.15, 0.2) is 35.7 Å². The fourth-order valence-electron chi connectivity index (χ4n) is 2.96. The zero-order valence-electron chi connectivity index (χ0n) is 12.6. The summed E-state index contributed by atoms with van der Waals surface area (Å²) in [5, 5.41) is 5.06. The monoisotopic (exact) mass is 319 g/mol. The minimum atomic E-state index is -0.256. The maximum absolute atomic E-state index is 12.8. The van der Waals surface area contributed by atoms with E-state index in [4.69, 9.17) is 0 Å². The molecule has 0 fully saturated rings. The number of nitrogens with one attached hydrogen (secondary N) is 2. The third-order valence-corrected chi connectivity index (χ3v) is 5.32. The van der Waals surface area contributed by atoms with Crippen LogP contribution in [0.25, 0.3) is 0 Å². The number of carbonyl (C=O) groups is 1. The van der Waals surface area contributed by atoms with Crippen molar-refractivity contribution in [1.82, 2.24) is 5.32 Å². The summed E-state index contributed by atoms with van der Waals surface area (Å²) >= 11 is 1.81. The van der Waals surface area contributed by atoms with Crippen LogP contribution >= 0.6 is 11.3 Å². The Bertz CT molecular complexity index is 653. The molecule has 2 N–H and O–H groups in total. The molecule has 0 bridgehead atoms. The average molecular weight is 319 g/mol. The van der Waals surface area contributed by atoms with E-state index in [0.717, 1.165) is 18.5 Å². The van der Waals surface area contributed by atoms with Crippen LogP contribution in [0.1, 0.15) is 29.0 Å². The van der Waals surface area contributed by atoms with Gasteiger partial charge in [0.2, 0.25) is 0 Å². The van der Waals surface area contributed by atoms with Gasteiger partial charge in [-0.15, -0.1) is 11.3 Å². The fourth-order valence-corrected chi connectivity index (χ4v) is 3.94. The summed E-state index contributed by atoms with van der Waals surface area (Å²) in [4.78, 5) is 14.9. The molecular formula is C17H20FN2OS+. The summed E-state index contributed by atoms with van der Waals surface area (Å²) in [6.07, 6.45) is 1.05. The molecule has 1 aromatic heterocycles. The summed E-state index contributed by atoms with van der Waals surface area (Å²) in [5.41, 5.74) is 2.30. The van der Waals surface area contributed by atoms with E-state index < -0.39 is 0 Å². The molecule has 2 aromatic rings. The molecule has 2 atom stereocenters. The second-order valence-electron chi connectivity index (χ2n) is 5.76. The Morgan fingerprint density at radius 3 is 2.91 bits per heavy atom. The normalized spacial score (nSPS) is 20.5. The van der Waals surface area contributed by atoms with Crippen molar-refractivity contribution in [2.45, 2.75) is 25.9 Å². The number of carbonyl (C=O) groups excluding carboxylic acids is 1. The molecule has 22 heavy (non-hydrogen) atoms. The average Bonchev–Trinajstić information content (AvgIpc) is 2.99. The Balaban J connectivity index is 1.53. The zero-order valence-corrected chi connectivity index (χ0v) is 13.4. The predicted octanol–water partition coefficient (Wildman–Crippen LogP) is 1.71. The van der Waals surface area contributed by atoms with Crippen molar-refractivity contribution in [1.29, 1.82) is 0 Å². The van der Waals surface area contributed by atoms with E-state index in [2.05, 4.69) is 23.7 Å². The molecule has 0 radical (unpaired) electrons. The molecule has 0 saturated heterocycles. The molecule has 3 rings (SSSR count). The van der Waals surface area contributed by atoms with Crippen LogP contribution in [0, 0.1) is 5.82 Å². The van der Waals surface area contributed by atoms with Gasteiger partial charge in [-0.2, -0.15) is 0 Å². The van der Waals surface area contributed by atoms with Crippen molar-refractivity contribution in [2.75, 3.05) is 13.1 Å². The predicted molar refractivity (Wildman–Crippen MR) is 85.4 cm³/mol. The highest BCUT2D eigenvalue weighted by molar-refractivity contribution is 7.10. The molecule has 5 heteroatoms. The molecule has 1 unspecified atom stereocenters. The number of hydrogen-bond donors (Lipinski definition) is 2. The van der Waals surface area contributed by atoms with Gasteiger partial charge in [0.1, 0.15) is 11.9 Å². The smallest absolute Gasteiger partial charge is 0.275 e. The van der Waals surface area contributed by atoms with Crippen molar-refractivity contribution < 1.29 is 14.1 Å². The number of hydrogen-bond acceptors (Lipinski definition) is 2. The minimum absolute atomic E-state index is 0.0462. The van der Waals surface area contributed by atoms with E-state index in [9.17, 15) is 9.18 Å². The Hall–Kier alpha value is -1.72. The number of fused-ring (bicyclic) bond motifs is 1.